The van der Waals surface area contributed by atoms with Gasteiger partial charge in [-0.25, -0.2) is 9.97 Å². The van der Waals surface area contributed by atoms with Crippen molar-refractivity contribution in [3.05, 3.63) is 23.3 Å². The minimum atomic E-state index is 0.647. The third kappa shape index (κ3) is 2.06. The third-order valence-corrected chi connectivity index (χ3v) is 3.56. The molecule has 1 aliphatic heterocycles. The van der Waals surface area contributed by atoms with Crippen molar-refractivity contribution >= 4 is 11.6 Å². The van der Waals surface area contributed by atoms with Crippen molar-refractivity contribution in [1.82, 2.24) is 14.9 Å². The first-order valence-electron chi connectivity index (χ1n) is 6.00. The van der Waals surface area contributed by atoms with Gasteiger partial charge in [-0.15, -0.1) is 11.6 Å². The summed E-state index contributed by atoms with van der Waals surface area (Å²) in [6, 6.07) is 0. The maximum absolute atomic E-state index is 5.78. The Morgan fingerprint density at radius 1 is 1.44 bits per heavy atom. The van der Waals surface area contributed by atoms with Crippen LogP contribution in [0.2, 0.25) is 0 Å². The first-order valence-corrected chi connectivity index (χ1v) is 6.53. The number of rotatable bonds is 3. The van der Waals surface area contributed by atoms with Gasteiger partial charge in [0.1, 0.15) is 5.82 Å². The fraction of sp³-hybridized carbons (Fsp3) is 0.667. The Bertz CT molecular complexity index is 390. The van der Waals surface area contributed by atoms with Gasteiger partial charge in [-0.3, -0.25) is 4.90 Å². The largest absolute Gasteiger partial charge is 0.296 e. The third-order valence-electron chi connectivity index (χ3n) is 3.39. The SMILES string of the molecule is ClCCN1CCc2cnc(C3CC3)nc2C1. The topological polar surface area (TPSA) is 29.0 Å². The van der Waals surface area contributed by atoms with E-state index in [9.17, 15) is 0 Å². The zero-order valence-corrected chi connectivity index (χ0v) is 10.1. The van der Waals surface area contributed by atoms with Crippen LogP contribution in [0.5, 0.6) is 0 Å². The fourth-order valence-electron chi connectivity index (χ4n) is 2.22. The summed E-state index contributed by atoms with van der Waals surface area (Å²) >= 11 is 5.78. The predicted octanol–water partition coefficient (Wildman–Crippen LogP) is 1.95. The van der Waals surface area contributed by atoms with E-state index in [2.05, 4.69) is 9.88 Å². The highest BCUT2D eigenvalue weighted by Gasteiger charge is 2.28. The van der Waals surface area contributed by atoms with Gasteiger partial charge in [-0.05, 0) is 24.8 Å². The van der Waals surface area contributed by atoms with Gasteiger partial charge in [0, 0.05) is 37.6 Å². The Balaban J connectivity index is 1.81. The molecule has 1 aromatic rings. The normalized spacial score (nSPS) is 20.8. The number of hydrogen-bond acceptors (Lipinski definition) is 3. The molecule has 0 atom stereocenters. The average Bonchev–Trinajstić information content (AvgIpc) is 3.12. The molecule has 0 bridgehead atoms. The predicted molar refractivity (Wildman–Crippen MR) is 63.7 cm³/mol. The van der Waals surface area contributed by atoms with Crippen LogP contribution in [0.1, 0.15) is 35.8 Å². The minimum absolute atomic E-state index is 0.647. The Morgan fingerprint density at radius 2 is 2.31 bits per heavy atom. The number of alkyl halides is 1. The van der Waals surface area contributed by atoms with Crippen LogP contribution in [0.3, 0.4) is 0 Å². The van der Waals surface area contributed by atoms with Crippen molar-refractivity contribution in [1.29, 1.82) is 0 Å². The Labute approximate surface area is 101 Å². The summed E-state index contributed by atoms with van der Waals surface area (Å²) < 4.78 is 0. The summed E-state index contributed by atoms with van der Waals surface area (Å²) in [7, 11) is 0. The Kier molecular flexibility index (Phi) is 2.82. The molecule has 16 heavy (non-hydrogen) atoms. The second-order valence-electron chi connectivity index (χ2n) is 4.69. The number of aromatic nitrogens is 2. The molecular weight excluding hydrogens is 222 g/mol. The highest BCUT2D eigenvalue weighted by atomic mass is 35.5. The molecule has 3 rings (SSSR count). The van der Waals surface area contributed by atoms with Crippen LogP contribution in [-0.4, -0.2) is 33.8 Å². The van der Waals surface area contributed by atoms with E-state index < -0.39 is 0 Å². The van der Waals surface area contributed by atoms with E-state index in [0.29, 0.717) is 11.8 Å². The summed E-state index contributed by atoms with van der Waals surface area (Å²) in [5, 5.41) is 0. The molecule has 1 fully saturated rings. The molecule has 3 nitrogen and oxygen atoms in total. The van der Waals surface area contributed by atoms with E-state index in [4.69, 9.17) is 16.6 Å². The molecule has 0 unspecified atom stereocenters. The number of nitrogens with zero attached hydrogens (tertiary/aromatic N) is 3. The molecule has 0 N–H and O–H groups in total. The van der Waals surface area contributed by atoms with Crippen molar-refractivity contribution in [3.63, 3.8) is 0 Å². The van der Waals surface area contributed by atoms with Crippen LogP contribution in [-0.2, 0) is 13.0 Å². The standard InChI is InChI=1S/C12H16ClN3/c13-4-6-16-5-3-10-7-14-12(9-1-2-9)15-11(10)8-16/h7,9H,1-6,8H2. The fourth-order valence-corrected chi connectivity index (χ4v) is 2.46. The molecule has 0 aromatic carbocycles. The molecule has 0 spiro atoms. The maximum Gasteiger partial charge on any atom is 0.131 e. The van der Waals surface area contributed by atoms with Gasteiger partial charge in [0.15, 0.2) is 0 Å². The van der Waals surface area contributed by atoms with E-state index in [-0.39, 0.29) is 0 Å². The molecule has 0 radical (unpaired) electrons. The quantitative estimate of drug-likeness (QED) is 0.753. The van der Waals surface area contributed by atoms with Crippen LogP contribution < -0.4 is 0 Å². The molecular formula is C12H16ClN3. The van der Waals surface area contributed by atoms with Gasteiger partial charge in [-0.2, -0.15) is 0 Å². The van der Waals surface area contributed by atoms with E-state index in [1.165, 1.54) is 24.1 Å². The summed E-state index contributed by atoms with van der Waals surface area (Å²) in [6.45, 7) is 3.00. The first-order chi connectivity index (χ1) is 7.86. The zero-order valence-electron chi connectivity index (χ0n) is 9.32. The van der Waals surface area contributed by atoms with Crippen LogP contribution in [0.25, 0.3) is 0 Å². The monoisotopic (exact) mass is 237 g/mol. The maximum atomic E-state index is 5.78. The first kappa shape index (κ1) is 10.5. The lowest BCUT2D eigenvalue weighted by Gasteiger charge is -2.27. The molecule has 4 heteroatoms. The number of hydrogen-bond donors (Lipinski definition) is 0. The summed E-state index contributed by atoms with van der Waals surface area (Å²) in [4.78, 5) is 11.6. The van der Waals surface area contributed by atoms with Crippen molar-refractivity contribution < 1.29 is 0 Å². The van der Waals surface area contributed by atoms with Crippen molar-refractivity contribution in [2.75, 3.05) is 19.0 Å². The van der Waals surface area contributed by atoms with E-state index >= 15 is 0 Å². The second-order valence-corrected chi connectivity index (χ2v) is 5.07. The van der Waals surface area contributed by atoms with Crippen LogP contribution in [0.4, 0.5) is 0 Å². The highest BCUT2D eigenvalue weighted by Crippen LogP contribution is 2.38. The Hall–Kier alpha value is -0.670. The van der Waals surface area contributed by atoms with Crippen LogP contribution >= 0.6 is 11.6 Å². The molecule has 86 valence electrons. The number of fused-ring (bicyclic) bond motifs is 1. The Morgan fingerprint density at radius 3 is 3.06 bits per heavy atom. The van der Waals surface area contributed by atoms with E-state index in [0.717, 1.165) is 31.9 Å². The minimum Gasteiger partial charge on any atom is -0.296 e. The van der Waals surface area contributed by atoms with Gasteiger partial charge >= 0.3 is 0 Å². The lowest BCUT2D eigenvalue weighted by atomic mass is 10.1. The lowest BCUT2D eigenvalue weighted by molar-refractivity contribution is 0.264. The molecule has 1 saturated carbocycles. The lowest BCUT2D eigenvalue weighted by Crippen LogP contribution is -2.33. The van der Waals surface area contributed by atoms with Gasteiger partial charge in [0.05, 0.1) is 5.69 Å². The average molecular weight is 238 g/mol. The van der Waals surface area contributed by atoms with Crippen LogP contribution in [0, 0.1) is 0 Å². The molecule has 0 amide bonds. The second kappa shape index (κ2) is 4.30. The van der Waals surface area contributed by atoms with Gasteiger partial charge < -0.3 is 0 Å². The summed E-state index contributed by atoms with van der Waals surface area (Å²) in [5.74, 6) is 2.41. The molecule has 1 aromatic heterocycles. The van der Waals surface area contributed by atoms with Crippen LogP contribution in [0.15, 0.2) is 6.20 Å². The van der Waals surface area contributed by atoms with Gasteiger partial charge in [-0.1, -0.05) is 0 Å². The van der Waals surface area contributed by atoms with Crippen molar-refractivity contribution in [3.8, 4) is 0 Å². The highest BCUT2D eigenvalue weighted by molar-refractivity contribution is 6.18. The van der Waals surface area contributed by atoms with E-state index in [1.54, 1.807) is 0 Å². The van der Waals surface area contributed by atoms with Gasteiger partial charge in [0.25, 0.3) is 0 Å². The molecule has 2 aliphatic rings. The summed E-state index contributed by atoms with van der Waals surface area (Å²) in [5.41, 5.74) is 2.56. The zero-order chi connectivity index (χ0) is 11.0. The summed E-state index contributed by atoms with van der Waals surface area (Å²) in [6.07, 6.45) is 5.64. The van der Waals surface area contributed by atoms with Crippen molar-refractivity contribution in [2.45, 2.75) is 31.7 Å². The van der Waals surface area contributed by atoms with Crippen molar-refractivity contribution in [2.24, 2.45) is 0 Å². The van der Waals surface area contributed by atoms with E-state index in [1.807, 2.05) is 6.20 Å². The number of halogens is 1. The molecule has 1 aliphatic carbocycles. The smallest absolute Gasteiger partial charge is 0.131 e. The molecule has 2 heterocycles. The molecule has 0 saturated heterocycles. The van der Waals surface area contributed by atoms with Gasteiger partial charge in [0.2, 0.25) is 0 Å².